The van der Waals surface area contributed by atoms with Crippen molar-refractivity contribution in [3.8, 4) is 0 Å². The zero-order valence-electron chi connectivity index (χ0n) is 10.2. The molecule has 1 aromatic rings. The monoisotopic (exact) mass is 236 g/mol. The maximum Gasteiger partial charge on any atom is 0.287 e. The molecule has 4 nitrogen and oxygen atoms in total. The van der Waals surface area contributed by atoms with Gasteiger partial charge in [0.1, 0.15) is 5.76 Å². The predicted molar refractivity (Wildman–Crippen MR) is 65.4 cm³/mol. The summed E-state index contributed by atoms with van der Waals surface area (Å²) in [5.41, 5.74) is 5.43. The Morgan fingerprint density at radius 1 is 1.53 bits per heavy atom. The Bertz CT molecular complexity index is 387. The van der Waals surface area contributed by atoms with Crippen molar-refractivity contribution in [2.45, 2.75) is 32.7 Å². The van der Waals surface area contributed by atoms with E-state index in [4.69, 9.17) is 10.2 Å². The lowest BCUT2D eigenvalue weighted by molar-refractivity contribution is 0.0917. The highest BCUT2D eigenvalue weighted by molar-refractivity contribution is 5.91. The first-order valence-electron chi connectivity index (χ1n) is 6.26. The van der Waals surface area contributed by atoms with Gasteiger partial charge < -0.3 is 15.5 Å². The van der Waals surface area contributed by atoms with Gasteiger partial charge in [-0.3, -0.25) is 4.79 Å². The fourth-order valence-electron chi connectivity index (χ4n) is 2.44. The van der Waals surface area contributed by atoms with Crippen molar-refractivity contribution in [3.05, 3.63) is 23.7 Å². The second-order valence-corrected chi connectivity index (χ2v) is 4.96. The maximum absolute atomic E-state index is 11.8. The molecule has 1 heterocycles. The zero-order chi connectivity index (χ0) is 12.3. The number of carbonyl (C=O) groups excluding carboxylic acids is 1. The first-order valence-corrected chi connectivity index (χ1v) is 6.26. The lowest BCUT2D eigenvalue weighted by Crippen LogP contribution is -2.28. The summed E-state index contributed by atoms with van der Waals surface area (Å²) in [5, 5.41) is 2.93. The molecule has 4 heteroatoms. The number of hydrogen-bond donors (Lipinski definition) is 2. The lowest BCUT2D eigenvalue weighted by Gasteiger charge is -2.09. The molecule has 1 amide bonds. The number of nitrogens with two attached hydrogens (primary N) is 1. The third-order valence-corrected chi connectivity index (χ3v) is 3.44. The molecule has 0 bridgehead atoms. The van der Waals surface area contributed by atoms with E-state index in [0.717, 1.165) is 12.5 Å². The van der Waals surface area contributed by atoms with Gasteiger partial charge in [-0.15, -0.1) is 0 Å². The highest BCUT2D eigenvalue weighted by atomic mass is 16.4. The van der Waals surface area contributed by atoms with E-state index < -0.39 is 0 Å². The van der Waals surface area contributed by atoms with Crippen molar-refractivity contribution < 1.29 is 9.21 Å². The molecule has 1 fully saturated rings. The van der Waals surface area contributed by atoms with E-state index in [1.165, 1.54) is 19.3 Å². The van der Waals surface area contributed by atoms with Gasteiger partial charge in [-0.05, 0) is 36.8 Å². The summed E-state index contributed by atoms with van der Waals surface area (Å²) >= 11 is 0. The molecule has 0 aromatic carbocycles. The van der Waals surface area contributed by atoms with Crippen molar-refractivity contribution in [2.24, 2.45) is 17.6 Å². The summed E-state index contributed by atoms with van der Waals surface area (Å²) in [6.07, 6.45) is 3.71. The molecular weight excluding hydrogens is 216 g/mol. The standard InChI is InChI=1S/C13H20N2O2/c1-9-2-3-10(6-9)8-15-13(16)12-5-4-11(7-14)17-12/h4-5,9-10H,2-3,6-8,14H2,1H3,(H,15,16). The van der Waals surface area contributed by atoms with Crippen LogP contribution in [-0.2, 0) is 6.54 Å². The minimum atomic E-state index is -0.135. The van der Waals surface area contributed by atoms with E-state index >= 15 is 0 Å². The largest absolute Gasteiger partial charge is 0.455 e. The molecule has 1 aliphatic rings. The molecule has 1 aromatic heterocycles. The van der Waals surface area contributed by atoms with Crippen molar-refractivity contribution in [1.29, 1.82) is 0 Å². The molecule has 2 rings (SSSR count). The van der Waals surface area contributed by atoms with Gasteiger partial charge >= 0.3 is 0 Å². The SMILES string of the molecule is CC1CCC(CNC(=O)c2ccc(CN)o2)C1. The van der Waals surface area contributed by atoms with Crippen LogP contribution >= 0.6 is 0 Å². The quantitative estimate of drug-likeness (QED) is 0.839. The summed E-state index contributed by atoms with van der Waals surface area (Å²) < 4.78 is 5.29. The molecule has 1 saturated carbocycles. The third kappa shape index (κ3) is 3.09. The fourth-order valence-corrected chi connectivity index (χ4v) is 2.44. The normalized spacial score (nSPS) is 23.9. The number of amides is 1. The van der Waals surface area contributed by atoms with E-state index in [0.29, 0.717) is 24.0 Å². The van der Waals surface area contributed by atoms with Crippen molar-refractivity contribution in [2.75, 3.05) is 6.54 Å². The first-order chi connectivity index (χ1) is 8.19. The Morgan fingerprint density at radius 2 is 2.35 bits per heavy atom. The molecule has 3 N–H and O–H groups in total. The van der Waals surface area contributed by atoms with Gasteiger partial charge in [0.2, 0.25) is 0 Å². The summed E-state index contributed by atoms with van der Waals surface area (Å²) in [7, 11) is 0. The van der Waals surface area contributed by atoms with Crippen LogP contribution in [0.1, 0.15) is 42.5 Å². The molecule has 17 heavy (non-hydrogen) atoms. The molecular formula is C13H20N2O2. The van der Waals surface area contributed by atoms with Gasteiger partial charge in [0, 0.05) is 6.54 Å². The lowest BCUT2D eigenvalue weighted by atomic mass is 10.1. The van der Waals surface area contributed by atoms with Crippen LogP contribution in [0.2, 0.25) is 0 Å². The third-order valence-electron chi connectivity index (χ3n) is 3.44. The minimum Gasteiger partial charge on any atom is -0.455 e. The summed E-state index contributed by atoms with van der Waals surface area (Å²) in [5.74, 6) is 2.28. The number of furan rings is 1. The van der Waals surface area contributed by atoms with Crippen molar-refractivity contribution in [3.63, 3.8) is 0 Å². The van der Waals surface area contributed by atoms with Crippen LogP contribution in [0.4, 0.5) is 0 Å². The Hall–Kier alpha value is -1.29. The summed E-state index contributed by atoms with van der Waals surface area (Å²) in [6.45, 7) is 3.34. The molecule has 2 atom stereocenters. The van der Waals surface area contributed by atoms with E-state index in [9.17, 15) is 4.79 Å². The van der Waals surface area contributed by atoms with Gasteiger partial charge in [-0.2, -0.15) is 0 Å². The molecule has 0 saturated heterocycles. The summed E-state index contributed by atoms with van der Waals surface area (Å²) in [4.78, 5) is 11.8. The number of nitrogens with one attached hydrogen (secondary N) is 1. The Balaban J connectivity index is 1.81. The second-order valence-electron chi connectivity index (χ2n) is 4.96. The zero-order valence-corrected chi connectivity index (χ0v) is 10.2. The van der Waals surface area contributed by atoms with Crippen LogP contribution in [0.3, 0.4) is 0 Å². The van der Waals surface area contributed by atoms with Crippen LogP contribution < -0.4 is 11.1 Å². The van der Waals surface area contributed by atoms with Gasteiger partial charge in [-0.1, -0.05) is 13.3 Å². The first kappa shape index (κ1) is 12.2. The van der Waals surface area contributed by atoms with Crippen LogP contribution in [0.5, 0.6) is 0 Å². The Kier molecular flexibility index (Phi) is 3.84. The predicted octanol–water partition coefficient (Wildman–Crippen LogP) is 1.90. The molecule has 94 valence electrons. The van der Waals surface area contributed by atoms with Crippen LogP contribution in [0, 0.1) is 11.8 Å². The van der Waals surface area contributed by atoms with Gasteiger partial charge in [0.25, 0.3) is 5.91 Å². The van der Waals surface area contributed by atoms with Gasteiger partial charge in [0.05, 0.1) is 6.54 Å². The topological polar surface area (TPSA) is 68.3 Å². The molecule has 1 aliphatic carbocycles. The van der Waals surface area contributed by atoms with E-state index in [1.54, 1.807) is 12.1 Å². The maximum atomic E-state index is 11.8. The van der Waals surface area contributed by atoms with Crippen LogP contribution in [0.15, 0.2) is 16.5 Å². The fraction of sp³-hybridized carbons (Fsp3) is 0.615. The molecule has 2 unspecified atom stereocenters. The molecule has 0 spiro atoms. The highest BCUT2D eigenvalue weighted by Gasteiger charge is 2.22. The van der Waals surface area contributed by atoms with Gasteiger partial charge in [-0.25, -0.2) is 0 Å². The number of carbonyl (C=O) groups is 1. The van der Waals surface area contributed by atoms with Crippen LogP contribution in [-0.4, -0.2) is 12.5 Å². The van der Waals surface area contributed by atoms with E-state index in [2.05, 4.69) is 12.2 Å². The molecule has 0 radical (unpaired) electrons. The number of hydrogen-bond acceptors (Lipinski definition) is 3. The van der Waals surface area contributed by atoms with E-state index in [-0.39, 0.29) is 5.91 Å². The van der Waals surface area contributed by atoms with Crippen LogP contribution in [0.25, 0.3) is 0 Å². The van der Waals surface area contributed by atoms with Crippen molar-refractivity contribution >= 4 is 5.91 Å². The van der Waals surface area contributed by atoms with Crippen molar-refractivity contribution in [1.82, 2.24) is 5.32 Å². The average Bonchev–Trinajstić information content (AvgIpc) is 2.94. The highest BCUT2D eigenvalue weighted by Crippen LogP contribution is 2.29. The minimum absolute atomic E-state index is 0.135. The summed E-state index contributed by atoms with van der Waals surface area (Å²) in [6, 6.07) is 3.42. The van der Waals surface area contributed by atoms with E-state index in [1.807, 2.05) is 0 Å². The molecule has 0 aliphatic heterocycles. The number of rotatable bonds is 4. The smallest absolute Gasteiger partial charge is 0.287 e. The van der Waals surface area contributed by atoms with Gasteiger partial charge in [0.15, 0.2) is 5.76 Å². The second kappa shape index (κ2) is 5.36. The average molecular weight is 236 g/mol. The Morgan fingerprint density at radius 3 is 2.94 bits per heavy atom. The Labute approximate surface area is 102 Å².